The Kier molecular flexibility index (Phi) is 7.91. The van der Waals surface area contributed by atoms with Gasteiger partial charge in [-0.15, -0.1) is 0 Å². The van der Waals surface area contributed by atoms with E-state index in [1.54, 1.807) is 74.5 Å². The Hall–Kier alpha value is -5.20. The van der Waals surface area contributed by atoms with Crippen molar-refractivity contribution in [2.24, 2.45) is 11.8 Å². The van der Waals surface area contributed by atoms with Crippen LogP contribution in [0.5, 0.6) is 0 Å². The molecule has 42 heavy (non-hydrogen) atoms. The van der Waals surface area contributed by atoms with Crippen molar-refractivity contribution >= 4 is 47.1 Å². The molecule has 12 nitrogen and oxygen atoms in total. The maximum atomic E-state index is 12.9. The molecule has 4 atom stereocenters. The largest absolute Gasteiger partial charge is 0.389 e. The minimum absolute atomic E-state index is 0.0699. The number of anilines is 2. The van der Waals surface area contributed by atoms with Gasteiger partial charge < -0.3 is 9.47 Å². The van der Waals surface area contributed by atoms with E-state index in [-0.39, 0.29) is 11.1 Å². The number of hydrazine groups is 2. The highest BCUT2D eigenvalue weighted by atomic mass is 16.6. The number of benzene rings is 3. The monoisotopic (exact) mass is 570 g/mol. The Labute approximate surface area is 240 Å². The van der Waals surface area contributed by atoms with Gasteiger partial charge in [0.05, 0.1) is 22.5 Å². The van der Waals surface area contributed by atoms with Crippen LogP contribution < -0.4 is 20.9 Å². The standard InChI is InChI=1S/C30H26N4O8/c1-17-23(25(35)33(31-17)21-9-5-3-6-10-21)29(39)41-27(37)19-13-15-20(16-14-19)28(38)42-30(40)24-18(2)32-34(26(24)36)22-11-7-4-8-12-22/h3-18,23-24,31-32H,1-2H3. The van der Waals surface area contributed by atoms with Gasteiger partial charge in [0.1, 0.15) is 0 Å². The van der Waals surface area contributed by atoms with Crippen LogP contribution in [0.1, 0.15) is 34.6 Å². The summed E-state index contributed by atoms with van der Waals surface area (Å²) in [4.78, 5) is 76.4. The molecule has 4 unspecified atom stereocenters. The molecule has 214 valence electrons. The van der Waals surface area contributed by atoms with E-state index in [9.17, 15) is 28.8 Å². The SMILES string of the molecule is CC1NN(c2ccccc2)C(=O)C1C(=O)OC(=O)c1ccc(C(=O)OC(=O)C2C(=O)N(c3ccccc3)NC2C)cc1. The number of para-hydroxylation sites is 2. The van der Waals surface area contributed by atoms with Crippen molar-refractivity contribution in [3.8, 4) is 0 Å². The summed E-state index contributed by atoms with van der Waals surface area (Å²) in [6, 6.07) is 20.9. The van der Waals surface area contributed by atoms with Crippen molar-refractivity contribution < 1.29 is 38.2 Å². The molecular weight excluding hydrogens is 544 g/mol. The molecule has 0 aliphatic carbocycles. The fraction of sp³-hybridized carbons (Fsp3) is 0.200. The first-order valence-electron chi connectivity index (χ1n) is 13.1. The quantitative estimate of drug-likeness (QED) is 0.333. The fourth-order valence-electron chi connectivity index (χ4n) is 4.73. The summed E-state index contributed by atoms with van der Waals surface area (Å²) in [6.45, 7) is 3.24. The van der Waals surface area contributed by atoms with E-state index in [4.69, 9.17) is 9.47 Å². The van der Waals surface area contributed by atoms with Crippen LogP contribution >= 0.6 is 0 Å². The highest BCUT2D eigenvalue weighted by Crippen LogP contribution is 2.25. The Bertz CT molecular complexity index is 1430. The lowest BCUT2D eigenvalue weighted by atomic mass is 10.0. The summed E-state index contributed by atoms with van der Waals surface area (Å²) < 4.78 is 9.93. The zero-order valence-corrected chi connectivity index (χ0v) is 22.6. The first-order chi connectivity index (χ1) is 20.2. The number of ether oxygens (including phenoxy) is 2. The maximum absolute atomic E-state index is 12.9. The van der Waals surface area contributed by atoms with Gasteiger partial charge in [0.15, 0.2) is 11.8 Å². The molecule has 2 N–H and O–H groups in total. The van der Waals surface area contributed by atoms with Crippen LogP contribution in [-0.4, -0.2) is 47.8 Å². The average Bonchev–Trinajstić information content (AvgIpc) is 3.47. The number of nitrogens with one attached hydrogen (secondary N) is 2. The Morgan fingerprint density at radius 1 is 0.571 bits per heavy atom. The second-order valence-corrected chi connectivity index (χ2v) is 9.80. The number of rotatable bonds is 6. The highest BCUT2D eigenvalue weighted by molar-refractivity contribution is 6.12. The molecule has 5 rings (SSSR count). The molecule has 2 saturated heterocycles. The number of nitrogens with zero attached hydrogens (tertiary/aromatic N) is 2. The minimum Gasteiger partial charge on any atom is -0.389 e. The number of carbonyl (C=O) groups is 6. The summed E-state index contributed by atoms with van der Waals surface area (Å²) in [7, 11) is 0. The molecule has 3 aromatic carbocycles. The van der Waals surface area contributed by atoms with E-state index in [1.165, 1.54) is 34.3 Å². The van der Waals surface area contributed by atoms with Crippen molar-refractivity contribution in [3.63, 3.8) is 0 Å². The predicted octanol–water partition coefficient (Wildman–Crippen LogP) is 2.17. The van der Waals surface area contributed by atoms with Gasteiger partial charge >= 0.3 is 23.9 Å². The second kappa shape index (κ2) is 11.7. The van der Waals surface area contributed by atoms with Gasteiger partial charge in [0, 0.05) is 12.1 Å². The van der Waals surface area contributed by atoms with E-state index in [0.29, 0.717) is 11.4 Å². The number of carbonyl (C=O) groups excluding carboxylic acids is 6. The van der Waals surface area contributed by atoms with E-state index in [0.717, 1.165) is 0 Å². The maximum Gasteiger partial charge on any atom is 0.345 e. The van der Waals surface area contributed by atoms with E-state index in [2.05, 4.69) is 10.9 Å². The Balaban J connectivity index is 1.18. The summed E-state index contributed by atoms with van der Waals surface area (Å²) in [5.74, 6) is -7.71. The number of esters is 4. The normalized spacial score (nSPS) is 21.8. The average molecular weight is 571 g/mol. The number of hydrogen-bond acceptors (Lipinski definition) is 10. The first kappa shape index (κ1) is 28.3. The summed E-state index contributed by atoms with van der Waals surface area (Å²) >= 11 is 0. The van der Waals surface area contributed by atoms with Crippen molar-refractivity contribution in [2.45, 2.75) is 25.9 Å². The molecule has 3 aromatic rings. The third-order valence-corrected chi connectivity index (χ3v) is 6.92. The molecule has 2 aliphatic heterocycles. The zero-order chi connectivity index (χ0) is 30.0. The Morgan fingerprint density at radius 3 is 1.24 bits per heavy atom. The van der Waals surface area contributed by atoms with Crippen LogP contribution in [0.2, 0.25) is 0 Å². The lowest BCUT2D eigenvalue weighted by Gasteiger charge is -2.16. The lowest BCUT2D eigenvalue weighted by Crippen LogP contribution is -2.36. The van der Waals surface area contributed by atoms with Crippen LogP contribution in [0.3, 0.4) is 0 Å². The van der Waals surface area contributed by atoms with Gasteiger partial charge in [-0.3, -0.25) is 19.2 Å². The van der Waals surface area contributed by atoms with Gasteiger partial charge in [-0.05, 0) is 62.4 Å². The van der Waals surface area contributed by atoms with Gasteiger partial charge in [-0.2, -0.15) is 0 Å². The number of hydrogen-bond donors (Lipinski definition) is 2. The third-order valence-electron chi connectivity index (χ3n) is 6.92. The predicted molar refractivity (Wildman–Crippen MR) is 147 cm³/mol. The zero-order valence-electron chi connectivity index (χ0n) is 22.6. The summed E-state index contributed by atoms with van der Waals surface area (Å²) in [6.07, 6.45) is 0. The second-order valence-electron chi connectivity index (χ2n) is 9.80. The lowest BCUT2D eigenvalue weighted by molar-refractivity contribution is -0.147. The van der Waals surface area contributed by atoms with E-state index in [1.807, 2.05) is 0 Å². The van der Waals surface area contributed by atoms with Crippen LogP contribution in [0.4, 0.5) is 11.4 Å². The molecule has 2 aliphatic rings. The molecular formula is C30H26N4O8. The number of amides is 2. The fourth-order valence-corrected chi connectivity index (χ4v) is 4.73. The topological polar surface area (TPSA) is 151 Å². The Morgan fingerprint density at radius 2 is 0.905 bits per heavy atom. The van der Waals surface area contributed by atoms with Crippen molar-refractivity contribution in [3.05, 3.63) is 96.1 Å². The smallest absolute Gasteiger partial charge is 0.345 e. The highest BCUT2D eigenvalue weighted by Gasteiger charge is 2.46. The van der Waals surface area contributed by atoms with Crippen LogP contribution in [0.25, 0.3) is 0 Å². The minimum atomic E-state index is -1.25. The molecule has 0 radical (unpaired) electrons. The van der Waals surface area contributed by atoms with Gasteiger partial charge in [-0.25, -0.2) is 30.5 Å². The van der Waals surface area contributed by atoms with Crippen molar-refractivity contribution in [1.82, 2.24) is 10.9 Å². The molecule has 2 fully saturated rings. The van der Waals surface area contributed by atoms with Crippen LogP contribution in [0.15, 0.2) is 84.9 Å². The molecule has 0 spiro atoms. The molecule has 12 heteroatoms. The van der Waals surface area contributed by atoms with Crippen LogP contribution in [-0.2, 0) is 28.7 Å². The first-order valence-corrected chi connectivity index (χ1v) is 13.1. The molecule has 2 amide bonds. The molecule has 0 aromatic heterocycles. The molecule has 0 saturated carbocycles. The van der Waals surface area contributed by atoms with Crippen molar-refractivity contribution in [2.75, 3.05) is 10.0 Å². The van der Waals surface area contributed by atoms with Gasteiger partial charge in [-0.1, -0.05) is 36.4 Å². The summed E-state index contributed by atoms with van der Waals surface area (Å²) in [5, 5.41) is 2.47. The van der Waals surface area contributed by atoms with Crippen molar-refractivity contribution in [1.29, 1.82) is 0 Å². The third kappa shape index (κ3) is 5.53. The van der Waals surface area contributed by atoms with Crippen LogP contribution in [0, 0.1) is 11.8 Å². The van der Waals surface area contributed by atoms with E-state index < -0.39 is 59.6 Å². The van der Waals surface area contributed by atoms with Gasteiger partial charge in [0.2, 0.25) is 0 Å². The summed E-state index contributed by atoms with van der Waals surface area (Å²) in [5.41, 5.74) is 6.73. The molecule has 0 bridgehead atoms. The van der Waals surface area contributed by atoms with E-state index >= 15 is 0 Å². The van der Waals surface area contributed by atoms with Gasteiger partial charge in [0.25, 0.3) is 11.8 Å². The molecule has 2 heterocycles.